The van der Waals surface area contributed by atoms with Gasteiger partial charge in [0.05, 0.1) is 14.2 Å². The monoisotopic (exact) mass is 295 g/mol. The first-order valence-corrected chi connectivity index (χ1v) is 8.13. The number of fused-ring (bicyclic) bond motifs is 1. The summed E-state index contributed by atoms with van der Waals surface area (Å²) in [5, 5.41) is 4.04. The minimum atomic E-state index is 0.299. The van der Waals surface area contributed by atoms with Crippen LogP contribution < -0.4 is 14.8 Å². The first-order valence-electron chi connectivity index (χ1n) is 7.08. The number of hydrogen-bond donors (Lipinski definition) is 1. The average molecular weight is 295 g/mol. The van der Waals surface area contributed by atoms with Gasteiger partial charge in [-0.15, -0.1) is 0 Å². The normalized spacial score (nSPS) is 21.8. The fraction of sp³-hybridized carbons (Fsp3) is 0.625. The van der Waals surface area contributed by atoms with E-state index in [1.165, 1.54) is 16.7 Å². The van der Waals surface area contributed by atoms with E-state index in [1.54, 1.807) is 14.2 Å². The van der Waals surface area contributed by atoms with Crippen molar-refractivity contribution in [1.82, 2.24) is 5.32 Å². The molecular weight excluding hydrogens is 270 g/mol. The molecule has 0 saturated carbocycles. The van der Waals surface area contributed by atoms with Crippen molar-refractivity contribution in [2.45, 2.75) is 37.8 Å². The Bertz CT molecular complexity index is 488. The van der Waals surface area contributed by atoms with Crippen LogP contribution in [0.25, 0.3) is 0 Å². The van der Waals surface area contributed by atoms with Crippen molar-refractivity contribution in [3.63, 3.8) is 0 Å². The molecule has 0 amide bonds. The molecule has 2 unspecified atom stereocenters. The summed E-state index contributed by atoms with van der Waals surface area (Å²) in [7, 11) is 5.46. The Morgan fingerprint density at radius 3 is 2.50 bits per heavy atom. The van der Waals surface area contributed by atoms with Crippen molar-refractivity contribution in [2.75, 3.05) is 21.3 Å². The second kappa shape index (κ2) is 6.27. The molecule has 0 aliphatic carbocycles. The molecule has 1 aromatic rings. The molecule has 2 atom stereocenters. The molecule has 0 saturated heterocycles. The average Bonchev–Trinajstić information content (AvgIpc) is 2.45. The zero-order valence-electron chi connectivity index (χ0n) is 13.2. The summed E-state index contributed by atoms with van der Waals surface area (Å²) in [6.07, 6.45) is 0. The third-order valence-electron chi connectivity index (χ3n) is 4.07. The lowest BCUT2D eigenvalue weighted by Crippen LogP contribution is -2.35. The lowest BCUT2D eigenvalue weighted by atomic mass is 9.89. The van der Waals surface area contributed by atoms with E-state index in [-0.39, 0.29) is 0 Å². The number of aryl methyl sites for hydroxylation is 1. The Kier molecular flexibility index (Phi) is 4.86. The number of hydrogen-bond acceptors (Lipinski definition) is 4. The maximum Gasteiger partial charge on any atom is 0.165 e. The quantitative estimate of drug-likeness (QED) is 0.920. The van der Waals surface area contributed by atoms with Gasteiger partial charge >= 0.3 is 0 Å². The van der Waals surface area contributed by atoms with E-state index in [2.05, 4.69) is 32.2 Å². The molecule has 3 nitrogen and oxygen atoms in total. The zero-order valence-corrected chi connectivity index (χ0v) is 14.1. The molecule has 20 heavy (non-hydrogen) atoms. The number of ether oxygens (including phenoxy) is 2. The van der Waals surface area contributed by atoms with Crippen molar-refractivity contribution in [1.29, 1.82) is 0 Å². The van der Waals surface area contributed by atoms with Gasteiger partial charge in [0.1, 0.15) is 0 Å². The zero-order chi connectivity index (χ0) is 14.9. The maximum atomic E-state index is 5.68. The Hall–Kier alpha value is -0.870. The Morgan fingerprint density at radius 2 is 2.00 bits per heavy atom. The van der Waals surface area contributed by atoms with E-state index in [0.29, 0.717) is 17.2 Å². The van der Waals surface area contributed by atoms with Crippen LogP contribution in [0.3, 0.4) is 0 Å². The molecule has 2 rings (SSSR count). The van der Waals surface area contributed by atoms with Crippen LogP contribution in [0.2, 0.25) is 0 Å². The molecule has 0 bridgehead atoms. The number of benzene rings is 1. The molecule has 0 aromatic heterocycles. The number of methoxy groups -OCH3 is 2. The van der Waals surface area contributed by atoms with Crippen molar-refractivity contribution in [2.24, 2.45) is 5.92 Å². The molecule has 1 heterocycles. The van der Waals surface area contributed by atoms with Gasteiger partial charge in [0.25, 0.3) is 0 Å². The van der Waals surface area contributed by atoms with E-state index in [9.17, 15) is 0 Å². The fourth-order valence-corrected chi connectivity index (χ4v) is 4.63. The maximum absolute atomic E-state index is 5.68. The van der Waals surface area contributed by atoms with Gasteiger partial charge < -0.3 is 14.8 Å². The van der Waals surface area contributed by atoms with Crippen molar-refractivity contribution in [3.05, 3.63) is 22.8 Å². The summed E-state index contributed by atoms with van der Waals surface area (Å²) in [4.78, 5) is 0. The standard InChI is InChI=1S/C16H25NO2S/c1-9(2)16-14(17-4)13-11(8-20-16)10(3)7-12(18-5)15(13)19-6/h7,9,14,16-17H,8H2,1-6H3. The molecule has 1 aliphatic rings. The van der Waals surface area contributed by atoms with E-state index in [4.69, 9.17) is 9.47 Å². The highest BCUT2D eigenvalue weighted by Crippen LogP contribution is 2.48. The summed E-state index contributed by atoms with van der Waals surface area (Å²) in [5.74, 6) is 3.38. The van der Waals surface area contributed by atoms with Gasteiger partial charge in [-0.2, -0.15) is 11.8 Å². The van der Waals surface area contributed by atoms with E-state index < -0.39 is 0 Å². The third-order valence-corrected chi connectivity index (χ3v) is 5.73. The lowest BCUT2D eigenvalue weighted by molar-refractivity contribution is 0.342. The second-order valence-electron chi connectivity index (χ2n) is 5.61. The van der Waals surface area contributed by atoms with Crippen LogP contribution in [0.1, 0.15) is 36.6 Å². The molecule has 0 spiro atoms. The van der Waals surface area contributed by atoms with E-state index in [0.717, 1.165) is 17.3 Å². The van der Waals surface area contributed by atoms with Crippen LogP contribution in [-0.4, -0.2) is 26.5 Å². The molecule has 1 aromatic carbocycles. The first-order chi connectivity index (χ1) is 9.54. The van der Waals surface area contributed by atoms with Crippen LogP contribution in [0.5, 0.6) is 11.5 Å². The summed E-state index contributed by atoms with van der Waals surface area (Å²) >= 11 is 2.03. The highest BCUT2D eigenvalue weighted by atomic mass is 32.2. The molecule has 1 N–H and O–H groups in total. The molecule has 0 fully saturated rings. The highest BCUT2D eigenvalue weighted by molar-refractivity contribution is 7.99. The van der Waals surface area contributed by atoms with Gasteiger partial charge in [-0.25, -0.2) is 0 Å². The summed E-state index contributed by atoms with van der Waals surface area (Å²) in [6.45, 7) is 6.72. The highest BCUT2D eigenvalue weighted by Gasteiger charge is 2.35. The van der Waals surface area contributed by atoms with Crippen molar-refractivity contribution >= 4 is 11.8 Å². The topological polar surface area (TPSA) is 30.5 Å². The Morgan fingerprint density at radius 1 is 1.30 bits per heavy atom. The van der Waals surface area contributed by atoms with Gasteiger partial charge in [-0.05, 0) is 37.1 Å². The smallest absolute Gasteiger partial charge is 0.165 e. The minimum Gasteiger partial charge on any atom is -0.493 e. The molecule has 112 valence electrons. The predicted octanol–water partition coefficient (Wildman–Crippen LogP) is 3.54. The summed E-state index contributed by atoms with van der Waals surface area (Å²) in [6, 6.07) is 2.38. The molecule has 4 heteroatoms. The molecule has 1 aliphatic heterocycles. The van der Waals surface area contributed by atoms with E-state index in [1.807, 2.05) is 18.8 Å². The largest absolute Gasteiger partial charge is 0.493 e. The van der Waals surface area contributed by atoms with Crippen molar-refractivity contribution in [3.8, 4) is 11.5 Å². The van der Waals surface area contributed by atoms with Gasteiger partial charge in [0.15, 0.2) is 11.5 Å². The SMILES string of the molecule is CNC1c2c(c(C)cc(OC)c2OC)CSC1C(C)C. The van der Waals surface area contributed by atoms with Crippen LogP contribution in [0.15, 0.2) is 6.07 Å². The van der Waals surface area contributed by atoms with E-state index >= 15 is 0 Å². The van der Waals surface area contributed by atoms with Gasteiger partial charge in [-0.1, -0.05) is 13.8 Å². The van der Waals surface area contributed by atoms with Gasteiger partial charge in [0.2, 0.25) is 0 Å². The van der Waals surface area contributed by atoms with Crippen LogP contribution in [-0.2, 0) is 5.75 Å². The Balaban J connectivity index is 2.63. The van der Waals surface area contributed by atoms with Crippen molar-refractivity contribution < 1.29 is 9.47 Å². The third kappa shape index (κ3) is 2.51. The fourth-order valence-electron chi connectivity index (χ4n) is 3.04. The van der Waals surface area contributed by atoms with Crippen LogP contribution >= 0.6 is 11.8 Å². The van der Waals surface area contributed by atoms with Crippen LogP contribution in [0, 0.1) is 12.8 Å². The number of rotatable bonds is 4. The summed E-state index contributed by atoms with van der Waals surface area (Å²) < 4.78 is 11.2. The lowest BCUT2D eigenvalue weighted by Gasteiger charge is -2.37. The molecule has 0 radical (unpaired) electrons. The number of nitrogens with one attached hydrogen (secondary N) is 1. The van der Waals surface area contributed by atoms with Crippen LogP contribution in [0.4, 0.5) is 0 Å². The molecular formula is C16H25NO2S. The summed E-state index contributed by atoms with van der Waals surface area (Å²) in [5.41, 5.74) is 3.96. The van der Waals surface area contributed by atoms with Gasteiger partial charge in [-0.3, -0.25) is 0 Å². The second-order valence-corrected chi connectivity index (χ2v) is 6.77. The predicted molar refractivity (Wildman–Crippen MR) is 86.0 cm³/mol. The van der Waals surface area contributed by atoms with Gasteiger partial charge in [0, 0.05) is 22.6 Å². The number of thioether (sulfide) groups is 1. The Labute approximate surface area is 126 Å². The first kappa shape index (κ1) is 15.5. The minimum absolute atomic E-state index is 0.299.